The topological polar surface area (TPSA) is 63.4 Å². The number of nitrogens with two attached hydrogens (primary N) is 1. The van der Waals surface area contributed by atoms with E-state index in [4.69, 9.17) is 5.73 Å². The fourth-order valence-electron chi connectivity index (χ4n) is 1.64. The Morgan fingerprint density at radius 1 is 1.41 bits per heavy atom. The lowest BCUT2D eigenvalue weighted by atomic mass is 10.3. The van der Waals surface area contributed by atoms with Crippen molar-refractivity contribution in [1.29, 1.82) is 0 Å². The van der Waals surface area contributed by atoms with Crippen molar-refractivity contribution in [2.45, 2.75) is 44.0 Å². The molecule has 0 amide bonds. The molecule has 0 saturated carbocycles. The average Bonchev–Trinajstić information content (AvgIpc) is 2.78. The van der Waals surface area contributed by atoms with Gasteiger partial charge in [-0.1, -0.05) is 13.8 Å². The summed E-state index contributed by atoms with van der Waals surface area (Å²) in [4.78, 5) is 0.892. The van der Waals surface area contributed by atoms with Gasteiger partial charge >= 0.3 is 0 Å². The van der Waals surface area contributed by atoms with Gasteiger partial charge in [-0.3, -0.25) is 0 Å². The molecule has 1 aromatic rings. The molecule has 1 atom stereocenters. The number of nitrogens with zero attached hydrogens (tertiary/aromatic N) is 1. The van der Waals surface area contributed by atoms with Crippen LogP contribution in [0, 0.1) is 0 Å². The van der Waals surface area contributed by atoms with E-state index >= 15 is 0 Å². The Kier molecular flexibility index (Phi) is 5.12. The van der Waals surface area contributed by atoms with Gasteiger partial charge in [-0.05, 0) is 25.5 Å². The molecule has 4 nitrogen and oxygen atoms in total. The summed E-state index contributed by atoms with van der Waals surface area (Å²) >= 11 is 1.26. The van der Waals surface area contributed by atoms with E-state index < -0.39 is 10.0 Å². The first-order valence-corrected chi connectivity index (χ1v) is 8.03. The minimum atomic E-state index is -3.36. The van der Waals surface area contributed by atoms with Gasteiger partial charge < -0.3 is 5.73 Å². The van der Waals surface area contributed by atoms with Crippen molar-refractivity contribution in [1.82, 2.24) is 4.31 Å². The average molecular weight is 276 g/mol. The molecule has 2 N–H and O–H groups in total. The Labute approximate surface area is 107 Å². The number of hydrogen-bond donors (Lipinski definition) is 1. The number of thiophene rings is 1. The van der Waals surface area contributed by atoms with Gasteiger partial charge in [-0.15, -0.1) is 11.3 Å². The second kappa shape index (κ2) is 5.95. The van der Waals surface area contributed by atoms with Crippen molar-refractivity contribution in [3.8, 4) is 0 Å². The van der Waals surface area contributed by atoms with Crippen LogP contribution in [0.4, 0.5) is 0 Å². The Bertz CT molecular complexity index is 454. The Morgan fingerprint density at radius 2 is 2.06 bits per heavy atom. The minimum Gasteiger partial charge on any atom is -0.326 e. The lowest BCUT2D eigenvalue weighted by Gasteiger charge is -2.25. The molecule has 1 rings (SSSR count). The van der Waals surface area contributed by atoms with E-state index in [-0.39, 0.29) is 6.04 Å². The van der Waals surface area contributed by atoms with Gasteiger partial charge in [0.05, 0.1) is 0 Å². The van der Waals surface area contributed by atoms with Gasteiger partial charge in [0.15, 0.2) is 0 Å². The molecule has 0 bridgehead atoms. The van der Waals surface area contributed by atoms with Crippen LogP contribution in [0.1, 0.15) is 32.1 Å². The minimum absolute atomic E-state index is 0.0217. The molecule has 0 spiro atoms. The van der Waals surface area contributed by atoms with Crippen molar-refractivity contribution in [2.24, 2.45) is 5.73 Å². The number of rotatable bonds is 6. The van der Waals surface area contributed by atoms with Gasteiger partial charge in [-0.2, -0.15) is 4.31 Å². The van der Waals surface area contributed by atoms with Crippen LogP contribution in [0.15, 0.2) is 16.3 Å². The van der Waals surface area contributed by atoms with Gasteiger partial charge in [0.1, 0.15) is 4.21 Å². The maximum absolute atomic E-state index is 12.4. The van der Waals surface area contributed by atoms with E-state index in [0.29, 0.717) is 17.3 Å². The van der Waals surface area contributed by atoms with Crippen LogP contribution in [-0.4, -0.2) is 25.3 Å². The van der Waals surface area contributed by atoms with Gasteiger partial charge in [0.25, 0.3) is 10.0 Å². The molecule has 1 heterocycles. The summed E-state index contributed by atoms with van der Waals surface area (Å²) in [6, 6.07) is 3.45. The molecular formula is C11H20N2O2S2. The predicted molar refractivity (Wildman–Crippen MR) is 71.5 cm³/mol. The maximum Gasteiger partial charge on any atom is 0.252 e. The zero-order chi connectivity index (χ0) is 13.1. The highest BCUT2D eigenvalue weighted by Gasteiger charge is 2.27. The lowest BCUT2D eigenvalue weighted by Crippen LogP contribution is -2.37. The summed E-state index contributed by atoms with van der Waals surface area (Å²) in [6.45, 7) is 6.66. The van der Waals surface area contributed by atoms with E-state index in [1.54, 1.807) is 16.4 Å². The lowest BCUT2D eigenvalue weighted by molar-refractivity contribution is 0.343. The quantitative estimate of drug-likeness (QED) is 0.864. The fourth-order valence-corrected chi connectivity index (χ4v) is 4.72. The molecule has 0 fully saturated rings. The van der Waals surface area contributed by atoms with E-state index in [1.807, 2.05) is 20.8 Å². The SMILES string of the molecule is CCC(C)N(CC)S(=O)(=O)c1ccc(CN)s1. The van der Waals surface area contributed by atoms with Crippen molar-refractivity contribution in [3.05, 3.63) is 17.0 Å². The number of hydrogen-bond acceptors (Lipinski definition) is 4. The molecule has 0 aliphatic carbocycles. The molecule has 1 aromatic heterocycles. The predicted octanol–water partition coefficient (Wildman–Crippen LogP) is 2.02. The summed E-state index contributed by atoms with van der Waals surface area (Å²) in [5.41, 5.74) is 5.50. The van der Waals surface area contributed by atoms with Gasteiger partial charge in [-0.25, -0.2) is 8.42 Å². The molecule has 98 valence electrons. The van der Waals surface area contributed by atoms with Crippen molar-refractivity contribution in [2.75, 3.05) is 6.54 Å². The van der Waals surface area contributed by atoms with Crippen LogP contribution < -0.4 is 5.73 Å². The first-order chi connectivity index (χ1) is 7.97. The Morgan fingerprint density at radius 3 is 2.47 bits per heavy atom. The van der Waals surface area contributed by atoms with E-state index in [2.05, 4.69) is 0 Å². The zero-order valence-corrected chi connectivity index (χ0v) is 12.1. The molecule has 0 aliphatic heterocycles. The van der Waals surface area contributed by atoms with Gasteiger partial charge in [0, 0.05) is 24.0 Å². The Hall–Kier alpha value is -0.430. The second-order valence-electron chi connectivity index (χ2n) is 3.89. The summed E-state index contributed by atoms with van der Waals surface area (Å²) in [6.07, 6.45) is 0.808. The van der Waals surface area contributed by atoms with Crippen LogP contribution in [0.2, 0.25) is 0 Å². The molecule has 0 aliphatic rings. The van der Waals surface area contributed by atoms with Crippen LogP contribution in [0.25, 0.3) is 0 Å². The van der Waals surface area contributed by atoms with E-state index in [9.17, 15) is 8.42 Å². The summed E-state index contributed by atoms with van der Waals surface area (Å²) in [5.74, 6) is 0. The number of sulfonamides is 1. The van der Waals surface area contributed by atoms with Crippen molar-refractivity contribution in [3.63, 3.8) is 0 Å². The summed E-state index contributed by atoms with van der Waals surface area (Å²) < 4.78 is 26.7. The monoisotopic (exact) mass is 276 g/mol. The standard InChI is InChI=1S/C11H20N2O2S2/c1-4-9(3)13(5-2)17(14,15)11-7-6-10(8-12)16-11/h6-7,9H,4-5,8,12H2,1-3H3. The summed E-state index contributed by atoms with van der Waals surface area (Å²) in [7, 11) is -3.36. The smallest absolute Gasteiger partial charge is 0.252 e. The molecule has 6 heteroatoms. The first kappa shape index (κ1) is 14.6. The van der Waals surface area contributed by atoms with Crippen LogP contribution in [0.5, 0.6) is 0 Å². The third kappa shape index (κ3) is 3.07. The molecule has 0 aromatic carbocycles. The Balaban J connectivity index is 3.08. The molecule has 0 saturated heterocycles. The zero-order valence-electron chi connectivity index (χ0n) is 10.5. The van der Waals surface area contributed by atoms with Crippen molar-refractivity contribution < 1.29 is 8.42 Å². The van der Waals surface area contributed by atoms with E-state index in [1.165, 1.54) is 11.3 Å². The highest BCUT2D eigenvalue weighted by atomic mass is 32.2. The second-order valence-corrected chi connectivity index (χ2v) is 7.18. The third-order valence-corrected chi connectivity index (χ3v) is 6.46. The van der Waals surface area contributed by atoms with Gasteiger partial charge in [0.2, 0.25) is 0 Å². The van der Waals surface area contributed by atoms with Crippen molar-refractivity contribution >= 4 is 21.4 Å². The van der Waals surface area contributed by atoms with Crippen LogP contribution >= 0.6 is 11.3 Å². The highest BCUT2D eigenvalue weighted by molar-refractivity contribution is 7.91. The third-order valence-electron chi connectivity index (χ3n) is 2.80. The molecule has 17 heavy (non-hydrogen) atoms. The fraction of sp³-hybridized carbons (Fsp3) is 0.636. The largest absolute Gasteiger partial charge is 0.326 e. The van der Waals surface area contributed by atoms with Crippen LogP contribution in [0.3, 0.4) is 0 Å². The molecule has 0 radical (unpaired) electrons. The molecular weight excluding hydrogens is 256 g/mol. The molecule has 1 unspecified atom stereocenters. The maximum atomic E-state index is 12.4. The van der Waals surface area contributed by atoms with E-state index in [0.717, 1.165) is 11.3 Å². The highest BCUT2D eigenvalue weighted by Crippen LogP contribution is 2.26. The first-order valence-electron chi connectivity index (χ1n) is 5.78. The summed E-state index contributed by atoms with van der Waals surface area (Å²) in [5, 5.41) is 0. The normalized spacial score (nSPS) is 14.2. The van der Waals surface area contributed by atoms with Crippen LogP contribution in [-0.2, 0) is 16.6 Å².